The summed E-state index contributed by atoms with van der Waals surface area (Å²) in [4.78, 5) is 16.9. The van der Waals surface area contributed by atoms with Crippen molar-refractivity contribution in [2.24, 2.45) is 0 Å². The Kier molecular flexibility index (Phi) is 8.51. The van der Waals surface area contributed by atoms with Crippen molar-refractivity contribution >= 4 is 23.4 Å². The zero-order chi connectivity index (χ0) is 24.5. The number of unbranched alkanes of at least 4 members (excludes halogenated alkanes) is 1. The highest BCUT2D eigenvalue weighted by molar-refractivity contribution is 7.99. The minimum absolute atomic E-state index is 0.0968. The van der Waals surface area contributed by atoms with E-state index in [9.17, 15) is 4.79 Å². The average Bonchev–Trinajstić information content (AvgIpc) is 3.32. The second kappa shape index (κ2) is 12.2. The maximum absolute atomic E-state index is 12.7. The van der Waals surface area contributed by atoms with Crippen LogP contribution in [0.1, 0.15) is 32.3 Å². The largest absolute Gasteiger partial charge is 0.494 e. The molecule has 4 rings (SSSR count). The summed E-state index contributed by atoms with van der Waals surface area (Å²) in [5.74, 6) is 1.56. The fourth-order valence-corrected chi connectivity index (χ4v) is 4.35. The molecule has 2 heterocycles. The number of pyridine rings is 1. The van der Waals surface area contributed by atoms with E-state index in [0.717, 1.165) is 29.1 Å². The van der Waals surface area contributed by atoms with Crippen LogP contribution in [0, 0.1) is 0 Å². The van der Waals surface area contributed by atoms with Gasteiger partial charge in [0.05, 0.1) is 12.4 Å². The summed E-state index contributed by atoms with van der Waals surface area (Å²) in [6.45, 7) is 4.74. The van der Waals surface area contributed by atoms with Crippen molar-refractivity contribution in [3.05, 3.63) is 78.6 Å². The number of amides is 1. The van der Waals surface area contributed by atoms with E-state index in [1.54, 1.807) is 12.4 Å². The molecule has 0 aliphatic rings. The summed E-state index contributed by atoms with van der Waals surface area (Å²) >= 11 is 1.34. The summed E-state index contributed by atoms with van der Waals surface area (Å²) in [6, 6.07) is 19.6. The third-order valence-electron chi connectivity index (χ3n) is 5.35. The quantitative estimate of drug-likeness (QED) is 0.269. The number of thioether (sulfide) groups is 1. The highest BCUT2D eigenvalue weighted by Gasteiger charge is 2.18. The van der Waals surface area contributed by atoms with Crippen LogP contribution in [0.2, 0.25) is 0 Å². The smallest absolute Gasteiger partial charge is 0.234 e. The Morgan fingerprint density at radius 2 is 1.83 bits per heavy atom. The van der Waals surface area contributed by atoms with Gasteiger partial charge in [-0.25, -0.2) is 0 Å². The van der Waals surface area contributed by atoms with E-state index in [1.165, 1.54) is 30.2 Å². The Morgan fingerprint density at radius 1 is 1.03 bits per heavy atom. The first kappa shape index (κ1) is 24.5. The molecular weight excluding hydrogens is 458 g/mol. The number of benzene rings is 2. The molecular formula is C27H29N5O2S. The molecule has 0 saturated heterocycles. The van der Waals surface area contributed by atoms with Gasteiger partial charge in [-0.1, -0.05) is 37.2 Å². The van der Waals surface area contributed by atoms with Crippen molar-refractivity contribution in [1.29, 1.82) is 0 Å². The molecule has 7 nitrogen and oxygen atoms in total. The predicted octanol–water partition coefficient (Wildman–Crippen LogP) is 5.80. The SMILES string of the molecule is CCCCc1ccc(NC(=O)CSc2nnc(-c3cccnc3)n2-c2ccc(OCC)cc2)cc1. The van der Waals surface area contributed by atoms with Gasteiger partial charge in [-0.15, -0.1) is 10.2 Å². The van der Waals surface area contributed by atoms with Gasteiger partial charge in [-0.2, -0.15) is 0 Å². The van der Waals surface area contributed by atoms with Gasteiger partial charge >= 0.3 is 0 Å². The molecule has 4 aromatic rings. The average molecular weight is 488 g/mol. The van der Waals surface area contributed by atoms with Crippen LogP contribution >= 0.6 is 11.8 Å². The third-order valence-corrected chi connectivity index (χ3v) is 6.28. The zero-order valence-electron chi connectivity index (χ0n) is 20.0. The number of carbonyl (C=O) groups excluding carboxylic acids is 1. The number of aromatic nitrogens is 4. The Labute approximate surface area is 210 Å². The molecule has 1 N–H and O–H groups in total. The highest BCUT2D eigenvalue weighted by atomic mass is 32.2. The van der Waals surface area contributed by atoms with E-state index < -0.39 is 0 Å². The van der Waals surface area contributed by atoms with Crippen LogP contribution in [-0.2, 0) is 11.2 Å². The number of nitrogens with zero attached hydrogens (tertiary/aromatic N) is 4. The first-order chi connectivity index (χ1) is 17.2. The molecule has 0 bridgehead atoms. The topological polar surface area (TPSA) is 81.9 Å². The summed E-state index contributed by atoms with van der Waals surface area (Å²) in [6.07, 6.45) is 6.86. The molecule has 180 valence electrons. The van der Waals surface area contributed by atoms with E-state index >= 15 is 0 Å². The number of hydrogen-bond donors (Lipinski definition) is 1. The summed E-state index contributed by atoms with van der Waals surface area (Å²) in [5, 5.41) is 12.4. The second-order valence-corrected chi connectivity index (χ2v) is 8.89. The molecule has 0 fully saturated rings. The number of aryl methyl sites for hydroxylation is 1. The van der Waals surface area contributed by atoms with Crippen molar-refractivity contribution < 1.29 is 9.53 Å². The normalized spacial score (nSPS) is 10.8. The lowest BCUT2D eigenvalue weighted by Crippen LogP contribution is -2.14. The Morgan fingerprint density at radius 3 is 2.51 bits per heavy atom. The van der Waals surface area contributed by atoms with Gasteiger partial charge < -0.3 is 10.1 Å². The molecule has 1 amide bonds. The Balaban J connectivity index is 1.50. The van der Waals surface area contributed by atoms with Crippen molar-refractivity contribution in [3.8, 4) is 22.8 Å². The molecule has 0 aliphatic carbocycles. The number of carbonyl (C=O) groups is 1. The molecule has 0 radical (unpaired) electrons. The van der Waals surface area contributed by atoms with Crippen LogP contribution < -0.4 is 10.1 Å². The number of rotatable bonds is 11. The summed E-state index contributed by atoms with van der Waals surface area (Å²) < 4.78 is 7.51. The van der Waals surface area contributed by atoms with Crippen LogP contribution in [0.15, 0.2) is 78.2 Å². The van der Waals surface area contributed by atoms with Crippen LogP contribution in [-0.4, -0.2) is 38.0 Å². The molecule has 0 saturated carbocycles. The maximum atomic E-state index is 12.7. The molecule has 35 heavy (non-hydrogen) atoms. The fraction of sp³-hybridized carbons (Fsp3) is 0.259. The van der Waals surface area contributed by atoms with Gasteiger partial charge in [0.15, 0.2) is 11.0 Å². The fourth-order valence-electron chi connectivity index (χ4n) is 3.60. The number of nitrogens with one attached hydrogen (secondary N) is 1. The van der Waals surface area contributed by atoms with Crippen molar-refractivity contribution in [3.63, 3.8) is 0 Å². The molecule has 2 aromatic carbocycles. The molecule has 0 unspecified atom stereocenters. The van der Waals surface area contributed by atoms with Crippen LogP contribution in [0.4, 0.5) is 5.69 Å². The van der Waals surface area contributed by atoms with Crippen molar-refractivity contribution in [2.45, 2.75) is 38.3 Å². The van der Waals surface area contributed by atoms with E-state index in [2.05, 4.69) is 39.6 Å². The van der Waals surface area contributed by atoms with Crippen LogP contribution in [0.3, 0.4) is 0 Å². The number of hydrogen-bond acceptors (Lipinski definition) is 6. The highest BCUT2D eigenvalue weighted by Crippen LogP contribution is 2.28. The molecule has 0 aliphatic heterocycles. The maximum Gasteiger partial charge on any atom is 0.234 e. The summed E-state index contributed by atoms with van der Waals surface area (Å²) in [5.41, 5.74) is 3.79. The van der Waals surface area contributed by atoms with Crippen LogP contribution in [0.5, 0.6) is 5.75 Å². The van der Waals surface area contributed by atoms with E-state index in [4.69, 9.17) is 4.74 Å². The zero-order valence-corrected chi connectivity index (χ0v) is 20.8. The van der Waals surface area contributed by atoms with E-state index in [-0.39, 0.29) is 11.7 Å². The van der Waals surface area contributed by atoms with Crippen molar-refractivity contribution in [2.75, 3.05) is 17.7 Å². The van der Waals surface area contributed by atoms with Gasteiger partial charge in [0.25, 0.3) is 0 Å². The third kappa shape index (κ3) is 6.48. The van der Waals surface area contributed by atoms with Gasteiger partial charge in [0, 0.05) is 29.3 Å². The number of ether oxygens (including phenoxy) is 1. The lowest BCUT2D eigenvalue weighted by molar-refractivity contribution is -0.113. The number of anilines is 1. The van der Waals surface area contributed by atoms with Crippen molar-refractivity contribution in [1.82, 2.24) is 19.7 Å². The first-order valence-corrected chi connectivity index (χ1v) is 12.8. The molecule has 0 spiro atoms. The summed E-state index contributed by atoms with van der Waals surface area (Å²) in [7, 11) is 0. The minimum atomic E-state index is -0.0968. The van der Waals surface area contributed by atoms with Gasteiger partial charge in [-0.05, 0) is 73.9 Å². The standard InChI is InChI=1S/C27H29N5O2S/c1-3-5-7-20-9-11-22(12-10-20)29-25(33)19-35-27-31-30-26(21-8-6-17-28-18-21)32(27)23-13-15-24(16-14-23)34-4-2/h6,8-18H,3-5,7,19H2,1-2H3,(H,29,33). The Hall–Kier alpha value is -3.65. The second-order valence-electron chi connectivity index (χ2n) is 7.95. The molecule has 8 heteroatoms. The van der Waals surface area contributed by atoms with Gasteiger partial charge in [0.1, 0.15) is 5.75 Å². The van der Waals surface area contributed by atoms with Crippen LogP contribution in [0.25, 0.3) is 17.1 Å². The monoisotopic (exact) mass is 487 g/mol. The van der Waals surface area contributed by atoms with Gasteiger partial charge in [0.2, 0.25) is 5.91 Å². The molecule has 2 aromatic heterocycles. The van der Waals surface area contributed by atoms with E-state index in [1.807, 2.05) is 60.0 Å². The Bertz CT molecular complexity index is 1220. The van der Waals surface area contributed by atoms with E-state index in [0.29, 0.717) is 17.6 Å². The first-order valence-electron chi connectivity index (χ1n) is 11.8. The lowest BCUT2D eigenvalue weighted by Gasteiger charge is -2.11. The molecule has 0 atom stereocenters. The minimum Gasteiger partial charge on any atom is -0.494 e. The lowest BCUT2D eigenvalue weighted by atomic mass is 10.1. The van der Waals surface area contributed by atoms with Gasteiger partial charge in [-0.3, -0.25) is 14.3 Å². The predicted molar refractivity (Wildman–Crippen MR) is 140 cm³/mol.